The normalized spacial score (nSPS) is 11.0. The second kappa shape index (κ2) is 8.94. The van der Waals surface area contributed by atoms with Crippen LogP contribution >= 0.6 is 0 Å². The Labute approximate surface area is 170 Å². The van der Waals surface area contributed by atoms with E-state index in [1.165, 1.54) is 5.56 Å². The van der Waals surface area contributed by atoms with Crippen LogP contribution in [0.15, 0.2) is 66.2 Å². The minimum atomic E-state index is -0.458. The fourth-order valence-electron chi connectivity index (χ4n) is 2.87. The average molecular weight is 385 g/mol. The summed E-state index contributed by atoms with van der Waals surface area (Å²) in [6, 6.07) is 21.3. The molecule has 0 saturated carbocycles. The monoisotopic (exact) mass is 385 g/mol. The van der Waals surface area contributed by atoms with Gasteiger partial charge in [0.1, 0.15) is 24.0 Å². The third-order valence-corrected chi connectivity index (χ3v) is 4.54. The standard InChI is InChI=1S/C24H23N3O2/c1-17-7-11-20(12-8-17)16-29-23-6-4-5-21(14-23)13-22(15-25)24(28)26-27-18(2)9-10-19(27)3/h4-14H,16H2,1-3H3,(H,26,28)/b22-13+. The summed E-state index contributed by atoms with van der Waals surface area (Å²) in [5.41, 5.74) is 7.55. The lowest BCUT2D eigenvalue weighted by Crippen LogP contribution is -2.25. The molecule has 0 spiro atoms. The number of ether oxygens (including phenoxy) is 1. The van der Waals surface area contributed by atoms with Crippen LogP contribution < -0.4 is 10.2 Å². The first-order valence-electron chi connectivity index (χ1n) is 9.33. The van der Waals surface area contributed by atoms with Crippen molar-refractivity contribution in [3.8, 4) is 11.8 Å². The molecule has 0 aliphatic carbocycles. The van der Waals surface area contributed by atoms with Crippen LogP contribution in [0.3, 0.4) is 0 Å². The fraction of sp³-hybridized carbons (Fsp3) is 0.167. The SMILES string of the molecule is Cc1ccc(COc2cccc(/C=C(\C#N)C(=O)Nn3c(C)ccc3C)c2)cc1. The van der Waals surface area contributed by atoms with Crippen LogP contribution in [-0.4, -0.2) is 10.6 Å². The summed E-state index contributed by atoms with van der Waals surface area (Å²) in [5.74, 6) is 0.218. The second-order valence-corrected chi connectivity index (χ2v) is 6.91. The number of amides is 1. The predicted octanol–water partition coefficient (Wildman–Crippen LogP) is 4.67. The molecule has 3 aromatic rings. The number of benzene rings is 2. The summed E-state index contributed by atoms with van der Waals surface area (Å²) < 4.78 is 7.51. The molecule has 0 unspecified atom stereocenters. The van der Waals surface area contributed by atoms with Crippen LogP contribution in [-0.2, 0) is 11.4 Å². The van der Waals surface area contributed by atoms with Crippen LogP contribution in [0.25, 0.3) is 6.08 Å². The number of aryl methyl sites for hydroxylation is 3. The summed E-state index contributed by atoms with van der Waals surface area (Å²) >= 11 is 0. The van der Waals surface area contributed by atoms with E-state index in [4.69, 9.17) is 4.74 Å². The van der Waals surface area contributed by atoms with E-state index in [0.717, 1.165) is 22.5 Å². The molecule has 1 N–H and O–H groups in total. The molecular weight excluding hydrogens is 362 g/mol. The zero-order valence-corrected chi connectivity index (χ0v) is 16.8. The Morgan fingerprint density at radius 1 is 1.07 bits per heavy atom. The van der Waals surface area contributed by atoms with Crippen LogP contribution in [0.2, 0.25) is 0 Å². The average Bonchev–Trinajstić information content (AvgIpc) is 3.04. The van der Waals surface area contributed by atoms with Crippen molar-refractivity contribution < 1.29 is 9.53 Å². The lowest BCUT2D eigenvalue weighted by atomic mass is 10.1. The highest BCUT2D eigenvalue weighted by molar-refractivity contribution is 6.06. The van der Waals surface area contributed by atoms with Gasteiger partial charge in [0, 0.05) is 11.4 Å². The van der Waals surface area contributed by atoms with Crippen molar-refractivity contribution in [2.24, 2.45) is 0 Å². The Morgan fingerprint density at radius 2 is 1.76 bits per heavy atom. The van der Waals surface area contributed by atoms with Crippen molar-refractivity contribution in [2.75, 3.05) is 5.43 Å². The number of hydrogen-bond donors (Lipinski definition) is 1. The van der Waals surface area contributed by atoms with Crippen LogP contribution in [0.4, 0.5) is 0 Å². The zero-order chi connectivity index (χ0) is 20.8. The van der Waals surface area contributed by atoms with E-state index in [1.54, 1.807) is 10.8 Å². The van der Waals surface area contributed by atoms with Crippen molar-refractivity contribution >= 4 is 12.0 Å². The first-order valence-corrected chi connectivity index (χ1v) is 9.33. The fourth-order valence-corrected chi connectivity index (χ4v) is 2.87. The molecule has 1 aromatic heterocycles. The first-order chi connectivity index (χ1) is 14.0. The van der Waals surface area contributed by atoms with Crippen LogP contribution in [0.5, 0.6) is 5.75 Å². The number of hydrogen-bond acceptors (Lipinski definition) is 3. The number of rotatable bonds is 6. The number of carbonyl (C=O) groups excluding carboxylic acids is 1. The number of nitrogens with zero attached hydrogens (tertiary/aromatic N) is 2. The highest BCUT2D eigenvalue weighted by atomic mass is 16.5. The van der Waals surface area contributed by atoms with Gasteiger partial charge in [-0.2, -0.15) is 5.26 Å². The Bertz CT molecular complexity index is 1070. The Balaban J connectivity index is 1.72. The lowest BCUT2D eigenvalue weighted by Gasteiger charge is -2.11. The zero-order valence-electron chi connectivity index (χ0n) is 16.8. The molecule has 29 heavy (non-hydrogen) atoms. The molecule has 2 aromatic carbocycles. The van der Waals surface area contributed by atoms with E-state index >= 15 is 0 Å². The molecule has 146 valence electrons. The molecule has 5 heteroatoms. The third kappa shape index (κ3) is 5.14. The molecule has 0 saturated heterocycles. The summed E-state index contributed by atoms with van der Waals surface area (Å²) in [7, 11) is 0. The summed E-state index contributed by atoms with van der Waals surface area (Å²) in [5, 5.41) is 9.45. The minimum Gasteiger partial charge on any atom is -0.489 e. The van der Waals surface area contributed by atoms with Crippen LogP contribution in [0.1, 0.15) is 28.1 Å². The highest BCUT2D eigenvalue weighted by Crippen LogP contribution is 2.18. The van der Waals surface area contributed by atoms with Crippen molar-refractivity contribution in [1.82, 2.24) is 4.68 Å². The number of carbonyl (C=O) groups is 1. The smallest absolute Gasteiger partial charge is 0.280 e. The van der Waals surface area contributed by atoms with Gasteiger partial charge in [-0.1, -0.05) is 42.0 Å². The molecule has 0 aliphatic heterocycles. The maximum absolute atomic E-state index is 12.5. The maximum Gasteiger partial charge on any atom is 0.280 e. The van der Waals surface area contributed by atoms with E-state index in [-0.39, 0.29) is 5.57 Å². The molecule has 0 bridgehead atoms. The second-order valence-electron chi connectivity index (χ2n) is 6.91. The van der Waals surface area contributed by atoms with Gasteiger partial charge in [0.05, 0.1) is 0 Å². The molecule has 0 radical (unpaired) electrons. The summed E-state index contributed by atoms with van der Waals surface area (Å²) in [4.78, 5) is 12.5. The Morgan fingerprint density at radius 3 is 2.41 bits per heavy atom. The van der Waals surface area contributed by atoms with Gasteiger partial charge in [0.2, 0.25) is 0 Å². The summed E-state index contributed by atoms with van der Waals surface area (Å²) in [6.45, 7) is 6.27. The minimum absolute atomic E-state index is 0.0215. The first kappa shape index (κ1) is 20.0. The predicted molar refractivity (Wildman–Crippen MR) is 114 cm³/mol. The van der Waals surface area contributed by atoms with Crippen molar-refractivity contribution in [3.05, 3.63) is 94.3 Å². The quantitative estimate of drug-likeness (QED) is 0.495. The van der Waals surface area contributed by atoms with Gasteiger partial charge >= 0.3 is 0 Å². The number of nitrogens with one attached hydrogen (secondary N) is 1. The topological polar surface area (TPSA) is 67.0 Å². The number of nitriles is 1. The van der Waals surface area contributed by atoms with Crippen LogP contribution in [0, 0.1) is 32.1 Å². The van der Waals surface area contributed by atoms with E-state index in [0.29, 0.717) is 12.4 Å². The largest absolute Gasteiger partial charge is 0.489 e. The molecule has 0 aliphatic rings. The highest BCUT2D eigenvalue weighted by Gasteiger charge is 2.12. The molecule has 5 nitrogen and oxygen atoms in total. The molecule has 3 rings (SSSR count). The van der Waals surface area contributed by atoms with E-state index in [9.17, 15) is 10.1 Å². The molecule has 1 heterocycles. The molecule has 1 amide bonds. The van der Waals surface area contributed by atoms with Gasteiger partial charge < -0.3 is 4.74 Å². The lowest BCUT2D eigenvalue weighted by molar-refractivity contribution is -0.113. The van der Waals surface area contributed by atoms with Crippen molar-refractivity contribution in [1.29, 1.82) is 5.26 Å². The maximum atomic E-state index is 12.5. The van der Waals surface area contributed by atoms with Gasteiger partial charge in [0.25, 0.3) is 5.91 Å². The molecular formula is C24H23N3O2. The van der Waals surface area contributed by atoms with Crippen molar-refractivity contribution in [3.63, 3.8) is 0 Å². The summed E-state index contributed by atoms with van der Waals surface area (Å²) in [6.07, 6.45) is 1.56. The van der Waals surface area contributed by atoms with Gasteiger partial charge in [0.15, 0.2) is 0 Å². The Hall–Kier alpha value is -3.78. The van der Waals surface area contributed by atoms with Gasteiger partial charge in [-0.15, -0.1) is 0 Å². The van der Waals surface area contributed by atoms with Gasteiger partial charge in [-0.3, -0.25) is 14.9 Å². The molecule has 0 atom stereocenters. The third-order valence-electron chi connectivity index (χ3n) is 4.54. The van der Waals surface area contributed by atoms with Crippen molar-refractivity contribution in [2.45, 2.75) is 27.4 Å². The molecule has 0 fully saturated rings. The van der Waals surface area contributed by atoms with E-state index in [2.05, 4.69) is 5.43 Å². The van der Waals surface area contributed by atoms with E-state index < -0.39 is 5.91 Å². The Kier molecular flexibility index (Phi) is 6.16. The van der Waals surface area contributed by atoms with E-state index in [1.807, 2.05) is 87.5 Å². The van der Waals surface area contributed by atoms with Gasteiger partial charge in [-0.05, 0) is 62.2 Å². The van der Waals surface area contributed by atoms with Gasteiger partial charge in [-0.25, -0.2) is 0 Å². The number of aromatic nitrogens is 1.